The van der Waals surface area contributed by atoms with Crippen molar-refractivity contribution in [2.75, 3.05) is 6.61 Å². The van der Waals surface area contributed by atoms with Crippen LogP contribution < -0.4 is 11.1 Å². The number of amides is 1. The highest BCUT2D eigenvalue weighted by atomic mass is 32.1. The van der Waals surface area contributed by atoms with Gasteiger partial charge in [-0.05, 0) is 19.8 Å². The molecule has 1 aromatic heterocycles. The van der Waals surface area contributed by atoms with Crippen LogP contribution in [0.4, 0.5) is 0 Å². The Labute approximate surface area is 129 Å². The number of nitrogens with zero attached hydrogens (tertiary/aromatic N) is 1. The van der Waals surface area contributed by atoms with Gasteiger partial charge < -0.3 is 15.8 Å². The second-order valence-corrected chi connectivity index (χ2v) is 7.61. The van der Waals surface area contributed by atoms with Crippen molar-refractivity contribution in [3.05, 3.63) is 16.1 Å². The molecule has 3 unspecified atom stereocenters. The van der Waals surface area contributed by atoms with Gasteiger partial charge in [-0.15, -0.1) is 11.3 Å². The van der Waals surface area contributed by atoms with E-state index < -0.39 is 5.54 Å². The molecule has 5 nitrogen and oxygen atoms in total. The number of hydrogen-bond donors (Lipinski definition) is 2. The highest BCUT2D eigenvalue weighted by Crippen LogP contribution is 2.57. The maximum atomic E-state index is 12.7. The summed E-state index contributed by atoms with van der Waals surface area (Å²) in [6.07, 6.45) is 2.06. The van der Waals surface area contributed by atoms with Gasteiger partial charge in [0.25, 0.3) is 0 Å². The van der Waals surface area contributed by atoms with Gasteiger partial charge in [-0.25, -0.2) is 4.98 Å². The molecule has 1 aliphatic carbocycles. The SMILES string of the molecule is Cc1ncsc1CNC(=O)C1(N)C2CCCOC2C1(C)C. The molecule has 3 N–H and O–H groups in total. The zero-order chi connectivity index (χ0) is 15.3. The predicted octanol–water partition coefficient (Wildman–Crippen LogP) is 1.60. The number of carbonyl (C=O) groups is 1. The van der Waals surface area contributed by atoms with Gasteiger partial charge in [0.15, 0.2) is 0 Å². The first-order chi connectivity index (χ1) is 9.89. The summed E-state index contributed by atoms with van der Waals surface area (Å²) in [7, 11) is 0. The summed E-state index contributed by atoms with van der Waals surface area (Å²) in [5, 5.41) is 3.01. The van der Waals surface area contributed by atoms with E-state index in [1.54, 1.807) is 16.8 Å². The summed E-state index contributed by atoms with van der Waals surface area (Å²) >= 11 is 1.56. The van der Waals surface area contributed by atoms with Gasteiger partial charge in [-0.1, -0.05) is 13.8 Å². The lowest BCUT2D eigenvalue weighted by Gasteiger charge is -2.65. The largest absolute Gasteiger partial charge is 0.377 e. The quantitative estimate of drug-likeness (QED) is 0.889. The Morgan fingerprint density at radius 2 is 2.38 bits per heavy atom. The maximum absolute atomic E-state index is 12.7. The molecule has 0 spiro atoms. The maximum Gasteiger partial charge on any atom is 0.241 e. The molecule has 21 heavy (non-hydrogen) atoms. The average molecular weight is 309 g/mol. The molecule has 116 valence electrons. The Kier molecular flexibility index (Phi) is 3.58. The summed E-state index contributed by atoms with van der Waals surface area (Å²) in [6.45, 7) is 7.31. The first-order valence-corrected chi connectivity index (χ1v) is 8.34. The Balaban J connectivity index is 1.72. The molecular formula is C15H23N3O2S. The van der Waals surface area contributed by atoms with Crippen molar-refractivity contribution in [2.45, 2.75) is 51.8 Å². The fourth-order valence-corrected chi connectivity index (χ4v) is 4.56. The van der Waals surface area contributed by atoms with Crippen molar-refractivity contribution in [1.82, 2.24) is 10.3 Å². The molecule has 2 aliphatic rings. The molecule has 1 aliphatic heterocycles. The van der Waals surface area contributed by atoms with E-state index in [0.717, 1.165) is 30.0 Å². The van der Waals surface area contributed by atoms with Crippen molar-refractivity contribution in [1.29, 1.82) is 0 Å². The molecule has 0 aromatic carbocycles. The number of carbonyl (C=O) groups excluding carboxylic acids is 1. The standard InChI is InChI=1S/C15H23N3O2S/c1-9-11(21-8-18-9)7-17-13(19)15(16)10-5-4-6-20-12(10)14(15,2)3/h8,10,12H,4-7,16H2,1-3H3,(H,17,19). The molecule has 1 saturated carbocycles. The number of rotatable bonds is 3. The second kappa shape index (κ2) is 5.04. The minimum absolute atomic E-state index is 0.0629. The van der Waals surface area contributed by atoms with Crippen LogP contribution in [-0.4, -0.2) is 29.1 Å². The van der Waals surface area contributed by atoms with Crippen molar-refractivity contribution >= 4 is 17.2 Å². The van der Waals surface area contributed by atoms with Crippen LogP contribution in [0.25, 0.3) is 0 Å². The van der Waals surface area contributed by atoms with E-state index in [1.807, 2.05) is 20.8 Å². The number of thiazole rings is 1. The number of nitrogens with two attached hydrogens (primary N) is 1. The number of aromatic nitrogens is 1. The van der Waals surface area contributed by atoms with Crippen LogP contribution in [0, 0.1) is 18.3 Å². The fraction of sp³-hybridized carbons (Fsp3) is 0.733. The van der Waals surface area contributed by atoms with E-state index in [2.05, 4.69) is 10.3 Å². The van der Waals surface area contributed by atoms with Crippen LogP contribution in [0.3, 0.4) is 0 Å². The minimum Gasteiger partial charge on any atom is -0.377 e. The first kappa shape index (κ1) is 14.9. The minimum atomic E-state index is -0.837. The van der Waals surface area contributed by atoms with Crippen LogP contribution in [0.1, 0.15) is 37.3 Å². The Morgan fingerprint density at radius 3 is 3.05 bits per heavy atom. The molecular weight excluding hydrogens is 286 g/mol. The number of ether oxygens (including phenoxy) is 1. The predicted molar refractivity (Wildman–Crippen MR) is 81.9 cm³/mol. The van der Waals surface area contributed by atoms with Gasteiger partial charge in [0.05, 0.1) is 23.9 Å². The van der Waals surface area contributed by atoms with Gasteiger partial charge >= 0.3 is 0 Å². The molecule has 0 radical (unpaired) electrons. The normalized spacial score (nSPS) is 33.9. The third-order valence-electron chi connectivity index (χ3n) is 5.31. The average Bonchev–Trinajstić information content (AvgIpc) is 2.89. The van der Waals surface area contributed by atoms with Crippen LogP contribution in [0.2, 0.25) is 0 Å². The third kappa shape index (κ3) is 2.04. The highest BCUT2D eigenvalue weighted by molar-refractivity contribution is 7.09. The summed E-state index contributed by atoms with van der Waals surface area (Å²) in [4.78, 5) is 18.0. The summed E-state index contributed by atoms with van der Waals surface area (Å²) in [5.74, 6) is 0.0656. The Hall–Kier alpha value is -0.980. The van der Waals surface area contributed by atoms with Crippen LogP contribution in [-0.2, 0) is 16.1 Å². The second-order valence-electron chi connectivity index (χ2n) is 6.67. The zero-order valence-electron chi connectivity index (χ0n) is 12.8. The summed E-state index contributed by atoms with van der Waals surface area (Å²) in [6, 6.07) is 0. The molecule has 1 amide bonds. The molecule has 2 heterocycles. The number of nitrogens with one attached hydrogen (secondary N) is 1. The Morgan fingerprint density at radius 1 is 1.62 bits per heavy atom. The number of fused-ring (bicyclic) bond motifs is 1. The van der Waals surface area contributed by atoms with E-state index in [9.17, 15) is 4.79 Å². The lowest BCUT2D eigenvalue weighted by Crippen LogP contribution is -2.82. The van der Waals surface area contributed by atoms with Crippen LogP contribution in [0.15, 0.2) is 5.51 Å². The van der Waals surface area contributed by atoms with Gasteiger partial charge in [-0.3, -0.25) is 4.79 Å². The molecule has 3 rings (SSSR count). The first-order valence-electron chi connectivity index (χ1n) is 7.46. The summed E-state index contributed by atoms with van der Waals surface area (Å²) < 4.78 is 5.84. The van der Waals surface area contributed by atoms with Crippen molar-refractivity contribution in [3.8, 4) is 0 Å². The third-order valence-corrected chi connectivity index (χ3v) is 6.25. The topological polar surface area (TPSA) is 77.2 Å². The zero-order valence-corrected chi connectivity index (χ0v) is 13.6. The number of hydrogen-bond acceptors (Lipinski definition) is 5. The van der Waals surface area contributed by atoms with E-state index >= 15 is 0 Å². The van der Waals surface area contributed by atoms with Crippen LogP contribution >= 0.6 is 11.3 Å². The van der Waals surface area contributed by atoms with Crippen molar-refractivity contribution < 1.29 is 9.53 Å². The molecule has 6 heteroatoms. The van der Waals surface area contributed by atoms with Gasteiger partial charge in [0, 0.05) is 22.8 Å². The van der Waals surface area contributed by atoms with Gasteiger partial charge in [0.1, 0.15) is 5.54 Å². The Bertz CT molecular complexity index is 557. The molecule has 1 saturated heterocycles. The fourth-order valence-electron chi connectivity index (χ4n) is 3.84. The molecule has 2 fully saturated rings. The molecule has 3 atom stereocenters. The van der Waals surface area contributed by atoms with Crippen LogP contribution in [0.5, 0.6) is 0 Å². The lowest BCUT2D eigenvalue weighted by molar-refractivity contribution is -0.225. The monoisotopic (exact) mass is 309 g/mol. The molecule has 1 aromatic rings. The van der Waals surface area contributed by atoms with E-state index in [0.29, 0.717) is 6.54 Å². The lowest BCUT2D eigenvalue weighted by atomic mass is 9.46. The van der Waals surface area contributed by atoms with E-state index in [-0.39, 0.29) is 23.3 Å². The summed E-state index contributed by atoms with van der Waals surface area (Å²) in [5.41, 5.74) is 8.16. The highest BCUT2D eigenvalue weighted by Gasteiger charge is 2.70. The van der Waals surface area contributed by atoms with Gasteiger partial charge in [-0.2, -0.15) is 0 Å². The number of aryl methyl sites for hydroxylation is 1. The van der Waals surface area contributed by atoms with E-state index in [4.69, 9.17) is 10.5 Å². The smallest absolute Gasteiger partial charge is 0.241 e. The van der Waals surface area contributed by atoms with Crippen molar-refractivity contribution in [3.63, 3.8) is 0 Å². The van der Waals surface area contributed by atoms with Gasteiger partial charge in [0.2, 0.25) is 5.91 Å². The van der Waals surface area contributed by atoms with Crippen molar-refractivity contribution in [2.24, 2.45) is 17.1 Å². The van der Waals surface area contributed by atoms with E-state index in [1.165, 1.54) is 0 Å². The molecule has 0 bridgehead atoms.